The molecule has 0 aliphatic heterocycles. The Bertz CT molecular complexity index is 475. The third kappa shape index (κ3) is 13.0. The Labute approximate surface area is 150 Å². The molecule has 0 aromatic rings. The van der Waals surface area contributed by atoms with Crippen molar-refractivity contribution in [1.82, 2.24) is 10.6 Å². The van der Waals surface area contributed by atoms with Gasteiger partial charge in [-0.15, -0.1) is 0 Å². The van der Waals surface area contributed by atoms with Gasteiger partial charge in [0, 0.05) is 6.54 Å². The number of carbonyl (C=O) groups is 3. The monoisotopic (exact) mass is 356 g/mol. The van der Waals surface area contributed by atoms with Gasteiger partial charge in [0.2, 0.25) is 0 Å². The fraction of sp³-hybridized carbons (Fsp3) is 0.722. The Morgan fingerprint density at radius 2 is 1.48 bits per heavy atom. The molecule has 0 saturated heterocycles. The Morgan fingerprint density at radius 3 is 1.96 bits per heavy atom. The van der Waals surface area contributed by atoms with Gasteiger partial charge in [0.05, 0.1) is 6.04 Å². The lowest BCUT2D eigenvalue weighted by atomic mass is 10.1. The molecule has 2 amide bonds. The van der Waals surface area contributed by atoms with Crippen LogP contribution in [0.4, 0.5) is 9.59 Å². The number of carbonyl (C=O) groups excluding carboxylic acids is 3. The van der Waals surface area contributed by atoms with Crippen molar-refractivity contribution in [3.8, 4) is 0 Å². The van der Waals surface area contributed by atoms with Crippen LogP contribution in [0, 0.1) is 0 Å². The molecule has 0 rings (SSSR count). The standard InChI is InChI=1S/C18H32N2O5/c1-8-14(21)13(20-16(23)25-18(5,6)7)11-9-10-12-19-15(22)24-17(2,3)4/h8,13H,1,9-12H2,2-7H3,(H,19,22)(H,20,23). The maximum atomic E-state index is 11.9. The van der Waals surface area contributed by atoms with Crippen LogP contribution in [-0.2, 0) is 14.3 Å². The van der Waals surface area contributed by atoms with Crippen LogP contribution in [-0.4, -0.2) is 41.8 Å². The largest absolute Gasteiger partial charge is 0.444 e. The minimum Gasteiger partial charge on any atom is -0.444 e. The first kappa shape index (κ1) is 22.9. The summed E-state index contributed by atoms with van der Waals surface area (Å²) in [7, 11) is 0. The molecule has 0 radical (unpaired) electrons. The van der Waals surface area contributed by atoms with E-state index >= 15 is 0 Å². The summed E-state index contributed by atoms with van der Waals surface area (Å²) in [5.41, 5.74) is -1.17. The van der Waals surface area contributed by atoms with Crippen molar-refractivity contribution in [3.05, 3.63) is 12.7 Å². The maximum Gasteiger partial charge on any atom is 0.408 e. The predicted molar refractivity (Wildman–Crippen MR) is 96.4 cm³/mol. The summed E-state index contributed by atoms with van der Waals surface area (Å²) < 4.78 is 10.3. The summed E-state index contributed by atoms with van der Waals surface area (Å²) in [6, 6.07) is -0.686. The normalized spacial score (nSPS) is 12.7. The number of ether oxygens (including phenoxy) is 2. The molecule has 0 aromatic carbocycles. The number of rotatable bonds is 8. The van der Waals surface area contributed by atoms with E-state index in [2.05, 4.69) is 17.2 Å². The molecule has 0 aliphatic carbocycles. The van der Waals surface area contributed by atoms with Crippen LogP contribution in [0.1, 0.15) is 60.8 Å². The van der Waals surface area contributed by atoms with Crippen molar-refractivity contribution >= 4 is 18.0 Å². The lowest BCUT2D eigenvalue weighted by Crippen LogP contribution is -2.43. The Hall–Kier alpha value is -2.05. The van der Waals surface area contributed by atoms with Crippen LogP contribution >= 0.6 is 0 Å². The lowest BCUT2D eigenvalue weighted by molar-refractivity contribution is -0.116. The summed E-state index contributed by atoms with van der Waals surface area (Å²) in [4.78, 5) is 35.2. The van der Waals surface area contributed by atoms with Crippen LogP contribution in [0.2, 0.25) is 0 Å². The van der Waals surface area contributed by atoms with E-state index in [1.54, 1.807) is 41.5 Å². The lowest BCUT2D eigenvalue weighted by Gasteiger charge is -2.22. The van der Waals surface area contributed by atoms with Crippen LogP contribution in [0.3, 0.4) is 0 Å². The zero-order valence-corrected chi connectivity index (χ0v) is 16.2. The molecule has 0 aromatic heterocycles. The van der Waals surface area contributed by atoms with E-state index in [9.17, 15) is 14.4 Å². The Balaban J connectivity index is 4.25. The SMILES string of the molecule is C=CC(=O)C(CCCCNC(=O)OC(C)(C)C)NC(=O)OC(C)(C)C. The predicted octanol–water partition coefficient (Wildman–Crippen LogP) is 3.33. The van der Waals surface area contributed by atoms with Gasteiger partial charge in [0.15, 0.2) is 5.78 Å². The fourth-order valence-corrected chi connectivity index (χ4v) is 1.86. The van der Waals surface area contributed by atoms with E-state index < -0.39 is 29.4 Å². The van der Waals surface area contributed by atoms with Gasteiger partial charge >= 0.3 is 12.2 Å². The summed E-state index contributed by atoms with van der Waals surface area (Å²) in [5, 5.41) is 5.21. The molecule has 144 valence electrons. The Morgan fingerprint density at radius 1 is 0.960 bits per heavy atom. The third-order valence-corrected chi connectivity index (χ3v) is 2.82. The highest BCUT2D eigenvalue weighted by Crippen LogP contribution is 2.09. The number of alkyl carbamates (subject to hydrolysis) is 2. The number of hydrogen-bond donors (Lipinski definition) is 2. The minimum atomic E-state index is -0.686. The highest BCUT2D eigenvalue weighted by molar-refractivity contribution is 5.95. The second kappa shape index (κ2) is 10.1. The molecule has 1 unspecified atom stereocenters. The van der Waals surface area contributed by atoms with E-state index in [0.717, 1.165) is 0 Å². The number of nitrogens with one attached hydrogen (secondary N) is 2. The van der Waals surface area contributed by atoms with Gasteiger partial charge in [-0.05, 0) is 66.9 Å². The fourth-order valence-electron chi connectivity index (χ4n) is 1.86. The van der Waals surface area contributed by atoms with Gasteiger partial charge in [-0.3, -0.25) is 4.79 Å². The molecule has 25 heavy (non-hydrogen) atoms. The highest BCUT2D eigenvalue weighted by Gasteiger charge is 2.22. The molecular formula is C18H32N2O5. The Kier molecular flexibility index (Phi) is 9.23. The smallest absolute Gasteiger partial charge is 0.408 e. The highest BCUT2D eigenvalue weighted by atomic mass is 16.6. The number of unbranched alkanes of at least 4 members (excludes halogenated alkanes) is 1. The van der Waals surface area contributed by atoms with E-state index in [1.165, 1.54) is 6.08 Å². The van der Waals surface area contributed by atoms with Gasteiger partial charge in [0.25, 0.3) is 0 Å². The molecule has 7 nitrogen and oxygen atoms in total. The van der Waals surface area contributed by atoms with Gasteiger partial charge < -0.3 is 20.1 Å². The van der Waals surface area contributed by atoms with Crippen LogP contribution in [0.15, 0.2) is 12.7 Å². The van der Waals surface area contributed by atoms with Crippen LogP contribution in [0.5, 0.6) is 0 Å². The molecule has 0 bridgehead atoms. The van der Waals surface area contributed by atoms with Crippen LogP contribution in [0.25, 0.3) is 0 Å². The minimum absolute atomic E-state index is 0.272. The molecule has 2 N–H and O–H groups in total. The van der Waals surface area contributed by atoms with E-state index in [4.69, 9.17) is 9.47 Å². The quantitative estimate of drug-likeness (QED) is 0.514. The first-order chi connectivity index (χ1) is 11.3. The van der Waals surface area contributed by atoms with E-state index in [0.29, 0.717) is 25.8 Å². The molecule has 0 aliphatic rings. The number of hydrogen-bond acceptors (Lipinski definition) is 5. The summed E-state index contributed by atoms with van der Waals surface area (Å²) >= 11 is 0. The molecule has 0 fully saturated rings. The number of ketones is 1. The van der Waals surface area contributed by atoms with E-state index in [-0.39, 0.29) is 5.78 Å². The zero-order valence-electron chi connectivity index (χ0n) is 16.2. The average Bonchev–Trinajstić information content (AvgIpc) is 2.40. The summed E-state index contributed by atoms with van der Waals surface area (Å²) in [6.07, 6.45) is 1.78. The summed E-state index contributed by atoms with van der Waals surface area (Å²) in [5.74, 6) is -0.272. The zero-order chi connectivity index (χ0) is 19.7. The van der Waals surface area contributed by atoms with Crippen LogP contribution < -0.4 is 10.6 Å². The first-order valence-electron chi connectivity index (χ1n) is 8.46. The third-order valence-electron chi connectivity index (χ3n) is 2.82. The molecule has 0 heterocycles. The molecule has 7 heteroatoms. The molecule has 0 spiro atoms. The van der Waals surface area contributed by atoms with Crippen molar-refractivity contribution in [2.24, 2.45) is 0 Å². The average molecular weight is 356 g/mol. The second-order valence-electron chi connectivity index (χ2n) is 7.73. The topological polar surface area (TPSA) is 93.7 Å². The van der Waals surface area contributed by atoms with Crippen molar-refractivity contribution in [3.63, 3.8) is 0 Å². The molecule has 1 atom stereocenters. The maximum absolute atomic E-state index is 11.9. The van der Waals surface area contributed by atoms with E-state index in [1.807, 2.05) is 0 Å². The van der Waals surface area contributed by atoms with Gasteiger partial charge in [0.1, 0.15) is 11.2 Å². The molecule has 0 saturated carbocycles. The van der Waals surface area contributed by atoms with Crippen molar-refractivity contribution in [2.75, 3.05) is 6.54 Å². The van der Waals surface area contributed by atoms with Gasteiger partial charge in [-0.2, -0.15) is 0 Å². The molecular weight excluding hydrogens is 324 g/mol. The number of amides is 2. The van der Waals surface area contributed by atoms with Crippen molar-refractivity contribution < 1.29 is 23.9 Å². The summed E-state index contributed by atoms with van der Waals surface area (Å²) in [6.45, 7) is 14.5. The second-order valence-corrected chi connectivity index (χ2v) is 7.73. The van der Waals surface area contributed by atoms with Crippen molar-refractivity contribution in [2.45, 2.75) is 78.0 Å². The van der Waals surface area contributed by atoms with Gasteiger partial charge in [-0.1, -0.05) is 6.58 Å². The van der Waals surface area contributed by atoms with Gasteiger partial charge in [-0.25, -0.2) is 9.59 Å². The van der Waals surface area contributed by atoms with Crippen molar-refractivity contribution in [1.29, 1.82) is 0 Å². The first-order valence-corrected chi connectivity index (χ1v) is 8.46.